The SMILES string of the molecule is CC(=O)Nc1nc(CN(C)Cc2ccc(F)cc2F)cs1. The Balaban J connectivity index is 1.96. The monoisotopic (exact) mass is 311 g/mol. The summed E-state index contributed by atoms with van der Waals surface area (Å²) in [6.07, 6.45) is 0. The van der Waals surface area contributed by atoms with Gasteiger partial charge in [0, 0.05) is 37.0 Å². The van der Waals surface area contributed by atoms with Crippen LogP contribution < -0.4 is 5.32 Å². The normalized spacial score (nSPS) is 10.9. The molecule has 0 fully saturated rings. The predicted molar refractivity (Wildman–Crippen MR) is 77.9 cm³/mol. The molecule has 0 atom stereocenters. The number of hydrogen-bond acceptors (Lipinski definition) is 4. The summed E-state index contributed by atoms with van der Waals surface area (Å²) >= 11 is 1.34. The van der Waals surface area contributed by atoms with Gasteiger partial charge < -0.3 is 5.32 Å². The maximum absolute atomic E-state index is 13.6. The van der Waals surface area contributed by atoms with E-state index < -0.39 is 11.6 Å². The minimum atomic E-state index is -0.585. The number of carbonyl (C=O) groups excluding carboxylic acids is 1. The fourth-order valence-electron chi connectivity index (χ4n) is 1.86. The summed E-state index contributed by atoms with van der Waals surface area (Å²) in [4.78, 5) is 17.0. The second-order valence-electron chi connectivity index (χ2n) is 4.73. The molecule has 0 aliphatic carbocycles. The fourth-order valence-corrected chi connectivity index (χ4v) is 2.61. The molecular formula is C14H15F2N3OS. The van der Waals surface area contributed by atoms with Gasteiger partial charge in [-0.3, -0.25) is 9.69 Å². The summed E-state index contributed by atoms with van der Waals surface area (Å²) in [5, 5.41) is 4.99. The highest BCUT2D eigenvalue weighted by atomic mass is 32.1. The molecule has 4 nitrogen and oxygen atoms in total. The number of benzene rings is 1. The van der Waals surface area contributed by atoms with E-state index in [1.165, 1.54) is 30.4 Å². The number of thiazole rings is 1. The molecule has 21 heavy (non-hydrogen) atoms. The third-order valence-electron chi connectivity index (χ3n) is 2.72. The number of aromatic nitrogens is 1. The van der Waals surface area contributed by atoms with Crippen molar-refractivity contribution in [2.24, 2.45) is 0 Å². The number of halogens is 2. The summed E-state index contributed by atoms with van der Waals surface area (Å²) in [5.74, 6) is -1.31. The average molecular weight is 311 g/mol. The number of rotatable bonds is 5. The van der Waals surface area contributed by atoms with Gasteiger partial charge in [-0.1, -0.05) is 6.07 Å². The number of carbonyl (C=O) groups is 1. The van der Waals surface area contributed by atoms with Crippen molar-refractivity contribution in [1.29, 1.82) is 0 Å². The highest BCUT2D eigenvalue weighted by Crippen LogP contribution is 2.18. The number of anilines is 1. The van der Waals surface area contributed by atoms with Crippen molar-refractivity contribution in [3.8, 4) is 0 Å². The predicted octanol–water partition coefficient (Wildman–Crippen LogP) is 3.01. The first kappa shape index (κ1) is 15.5. The molecule has 1 aromatic carbocycles. The summed E-state index contributed by atoms with van der Waals surface area (Å²) in [5.41, 5.74) is 1.21. The highest BCUT2D eigenvalue weighted by Gasteiger charge is 2.10. The molecule has 112 valence electrons. The Hall–Kier alpha value is -1.86. The van der Waals surface area contributed by atoms with Crippen molar-refractivity contribution in [1.82, 2.24) is 9.88 Å². The van der Waals surface area contributed by atoms with Crippen LogP contribution >= 0.6 is 11.3 Å². The van der Waals surface area contributed by atoms with Crippen LogP contribution in [-0.4, -0.2) is 22.8 Å². The third kappa shape index (κ3) is 4.57. The van der Waals surface area contributed by atoms with Crippen LogP contribution in [0, 0.1) is 11.6 Å². The second kappa shape index (κ2) is 6.73. The van der Waals surface area contributed by atoms with Crippen LogP contribution in [0.25, 0.3) is 0 Å². The zero-order valence-corrected chi connectivity index (χ0v) is 12.5. The van der Waals surface area contributed by atoms with Crippen LogP contribution in [0.1, 0.15) is 18.2 Å². The van der Waals surface area contributed by atoms with Crippen molar-refractivity contribution in [2.45, 2.75) is 20.0 Å². The molecule has 0 bridgehead atoms. The molecule has 1 N–H and O–H groups in total. The van der Waals surface area contributed by atoms with Gasteiger partial charge in [-0.05, 0) is 13.1 Å². The van der Waals surface area contributed by atoms with Gasteiger partial charge in [-0.15, -0.1) is 11.3 Å². The van der Waals surface area contributed by atoms with Gasteiger partial charge in [0.15, 0.2) is 5.13 Å². The summed E-state index contributed by atoms with van der Waals surface area (Å²) in [6, 6.07) is 3.55. The zero-order chi connectivity index (χ0) is 15.4. The van der Waals surface area contributed by atoms with Crippen LogP contribution in [0.4, 0.5) is 13.9 Å². The van der Waals surface area contributed by atoms with Crippen molar-refractivity contribution in [2.75, 3.05) is 12.4 Å². The maximum Gasteiger partial charge on any atom is 0.223 e. The lowest BCUT2D eigenvalue weighted by Crippen LogP contribution is -2.18. The van der Waals surface area contributed by atoms with Crippen LogP contribution in [0.15, 0.2) is 23.6 Å². The Morgan fingerprint density at radius 1 is 1.38 bits per heavy atom. The third-order valence-corrected chi connectivity index (χ3v) is 3.53. The zero-order valence-electron chi connectivity index (χ0n) is 11.7. The van der Waals surface area contributed by atoms with Gasteiger partial charge in [0.2, 0.25) is 5.91 Å². The molecule has 2 aromatic rings. The van der Waals surface area contributed by atoms with Gasteiger partial charge >= 0.3 is 0 Å². The van der Waals surface area contributed by atoms with Gasteiger partial charge in [0.05, 0.1) is 5.69 Å². The van der Waals surface area contributed by atoms with E-state index in [2.05, 4.69) is 10.3 Å². The van der Waals surface area contributed by atoms with Crippen LogP contribution in [0.3, 0.4) is 0 Å². The van der Waals surface area contributed by atoms with Crippen molar-refractivity contribution >= 4 is 22.4 Å². The Morgan fingerprint density at radius 2 is 2.14 bits per heavy atom. The molecular weight excluding hydrogens is 296 g/mol. The smallest absolute Gasteiger partial charge is 0.223 e. The van der Waals surface area contributed by atoms with Crippen LogP contribution in [0.5, 0.6) is 0 Å². The Kier molecular flexibility index (Phi) is 4.98. The van der Waals surface area contributed by atoms with E-state index in [1.54, 1.807) is 0 Å². The van der Waals surface area contributed by atoms with E-state index in [1.807, 2.05) is 17.3 Å². The minimum Gasteiger partial charge on any atom is -0.302 e. The van der Waals surface area contributed by atoms with Gasteiger partial charge in [-0.25, -0.2) is 13.8 Å². The van der Waals surface area contributed by atoms with Crippen LogP contribution in [-0.2, 0) is 17.9 Å². The van der Waals surface area contributed by atoms with Crippen LogP contribution in [0.2, 0.25) is 0 Å². The Labute approximate surface area is 125 Å². The second-order valence-corrected chi connectivity index (χ2v) is 5.59. The largest absolute Gasteiger partial charge is 0.302 e. The number of nitrogens with one attached hydrogen (secondary N) is 1. The average Bonchev–Trinajstić information content (AvgIpc) is 2.79. The Bertz CT molecular complexity index is 645. The summed E-state index contributed by atoms with van der Waals surface area (Å²) < 4.78 is 26.4. The van der Waals surface area contributed by atoms with Gasteiger partial charge in [-0.2, -0.15) is 0 Å². The van der Waals surface area contributed by atoms with Gasteiger partial charge in [0.1, 0.15) is 11.6 Å². The minimum absolute atomic E-state index is 0.169. The standard InChI is InChI=1S/C14H15F2N3OS/c1-9(20)17-14-18-12(8-21-14)7-19(2)6-10-3-4-11(15)5-13(10)16/h3-5,8H,6-7H2,1-2H3,(H,17,18,20). The first-order chi connectivity index (χ1) is 9.94. The molecule has 0 radical (unpaired) electrons. The first-order valence-electron chi connectivity index (χ1n) is 6.28. The van der Waals surface area contributed by atoms with E-state index in [0.29, 0.717) is 23.8 Å². The summed E-state index contributed by atoms with van der Waals surface area (Å²) in [7, 11) is 1.82. The topological polar surface area (TPSA) is 45.2 Å². The molecule has 1 heterocycles. The van der Waals surface area contributed by atoms with Crippen molar-refractivity contribution in [3.05, 3.63) is 46.5 Å². The molecule has 7 heteroatoms. The van der Waals surface area contributed by atoms with E-state index in [9.17, 15) is 13.6 Å². The molecule has 0 unspecified atom stereocenters. The molecule has 1 aromatic heterocycles. The Morgan fingerprint density at radius 3 is 2.81 bits per heavy atom. The lowest BCUT2D eigenvalue weighted by Gasteiger charge is -2.15. The molecule has 0 aliphatic heterocycles. The molecule has 2 rings (SSSR count). The van der Waals surface area contributed by atoms with Crippen molar-refractivity contribution < 1.29 is 13.6 Å². The first-order valence-corrected chi connectivity index (χ1v) is 7.16. The molecule has 0 aliphatic rings. The quantitative estimate of drug-likeness (QED) is 0.923. The molecule has 0 spiro atoms. The molecule has 1 amide bonds. The van der Waals surface area contributed by atoms with E-state index in [0.717, 1.165) is 11.8 Å². The van der Waals surface area contributed by atoms with E-state index in [-0.39, 0.29) is 5.91 Å². The van der Waals surface area contributed by atoms with E-state index >= 15 is 0 Å². The number of amides is 1. The molecule has 0 saturated carbocycles. The maximum atomic E-state index is 13.6. The van der Waals surface area contributed by atoms with Gasteiger partial charge in [0.25, 0.3) is 0 Å². The van der Waals surface area contributed by atoms with Crippen molar-refractivity contribution in [3.63, 3.8) is 0 Å². The van der Waals surface area contributed by atoms with E-state index in [4.69, 9.17) is 0 Å². The lowest BCUT2D eigenvalue weighted by atomic mass is 10.2. The molecule has 0 saturated heterocycles. The highest BCUT2D eigenvalue weighted by molar-refractivity contribution is 7.13. The number of nitrogens with zero attached hydrogens (tertiary/aromatic N) is 2. The summed E-state index contributed by atoms with van der Waals surface area (Å²) in [6.45, 7) is 2.27. The fraction of sp³-hybridized carbons (Fsp3) is 0.286. The lowest BCUT2D eigenvalue weighted by molar-refractivity contribution is -0.114. The number of hydrogen-bond donors (Lipinski definition) is 1.